The van der Waals surface area contributed by atoms with Crippen molar-refractivity contribution < 1.29 is 19.5 Å². The number of likely N-dealkylation sites (tertiary alicyclic amines) is 1. The summed E-state index contributed by atoms with van der Waals surface area (Å²) < 4.78 is 0. The molecule has 3 fully saturated rings. The van der Waals surface area contributed by atoms with E-state index in [9.17, 15) is 19.5 Å². The fourth-order valence-corrected chi connectivity index (χ4v) is 7.62. The number of nitrogens with one attached hydrogen (secondary N) is 3. The summed E-state index contributed by atoms with van der Waals surface area (Å²) in [7, 11) is 0. The first-order chi connectivity index (χ1) is 19.9. The molecule has 3 aliphatic rings. The van der Waals surface area contributed by atoms with Crippen molar-refractivity contribution in [3.05, 3.63) is 41.0 Å². The zero-order valence-electron chi connectivity index (χ0n) is 25.4. The minimum Gasteiger partial charge on any atom is -0.391 e. The molecule has 2 aromatic rings. The number of β-amino-alcohol motifs (C(OH)–C–C–N with tert-alkyl or cyclic N) is 1. The third-order valence-corrected chi connectivity index (χ3v) is 10.4. The van der Waals surface area contributed by atoms with Crippen LogP contribution in [0.4, 0.5) is 0 Å². The van der Waals surface area contributed by atoms with Crippen molar-refractivity contribution in [2.24, 2.45) is 16.7 Å². The Morgan fingerprint density at radius 1 is 1.10 bits per heavy atom. The third-order valence-electron chi connectivity index (χ3n) is 9.44. The van der Waals surface area contributed by atoms with Crippen LogP contribution in [0.15, 0.2) is 29.8 Å². The number of hydrogen-bond acceptors (Lipinski definition) is 7. The second kappa shape index (κ2) is 12.1. The SMILES string of the molecule is Cc1ncsc1-c1ccc([C@H](C)NC(=O)[C@@H]2C[C@@H](O)CN2C(=O)[C@@H](NC(=O)C2CC3(CCNCC3)C2)C(C)(C)C)cc1. The maximum atomic E-state index is 14.0. The second-order valence-corrected chi connectivity index (χ2v) is 14.5. The van der Waals surface area contributed by atoms with E-state index < -0.39 is 23.6 Å². The van der Waals surface area contributed by atoms with Crippen molar-refractivity contribution in [2.45, 2.75) is 91.0 Å². The zero-order chi connectivity index (χ0) is 30.2. The van der Waals surface area contributed by atoms with E-state index in [1.54, 1.807) is 11.3 Å². The minimum atomic E-state index is -0.808. The van der Waals surface area contributed by atoms with Crippen molar-refractivity contribution in [1.82, 2.24) is 25.8 Å². The molecular formula is C32H45N5O4S. The molecule has 1 aliphatic carbocycles. The van der Waals surface area contributed by atoms with Gasteiger partial charge in [-0.1, -0.05) is 45.0 Å². The van der Waals surface area contributed by atoms with Crippen molar-refractivity contribution in [1.29, 1.82) is 0 Å². The highest BCUT2D eigenvalue weighted by molar-refractivity contribution is 7.13. The molecule has 9 nitrogen and oxygen atoms in total. The monoisotopic (exact) mass is 595 g/mol. The molecule has 10 heteroatoms. The van der Waals surface area contributed by atoms with Gasteiger partial charge < -0.3 is 26.0 Å². The molecule has 3 amide bonds. The van der Waals surface area contributed by atoms with Gasteiger partial charge >= 0.3 is 0 Å². The summed E-state index contributed by atoms with van der Waals surface area (Å²) in [6.07, 6.45) is 3.27. The van der Waals surface area contributed by atoms with Gasteiger partial charge in [0.25, 0.3) is 0 Å². The highest BCUT2D eigenvalue weighted by Crippen LogP contribution is 2.51. The van der Waals surface area contributed by atoms with E-state index in [2.05, 4.69) is 20.9 Å². The van der Waals surface area contributed by atoms with Gasteiger partial charge in [-0.25, -0.2) is 4.98 Å². The van der Waals surface area contributed by atoms with Crippen LogP contribution in [0.5, 0.6) is 0 Å². The minimum absolute atomic E-state index is 0.0657. The maximum absolute atomic E-state index is 14.0. The Morgan fingerprint density at radius 2 is 1.76 bits per heavy atom. The lowest BCUT2D eigenvalue weighted by Gasteiger charge is -2.50. The van der Waals surface area contributed by atoms with Crippen LogP contribution in [0.2, 0.25) is 0 Å². The number of rotatable bonds is 7. The third kappa shape index (κ3) is 6.40. The van der Waals surface area contributed by atoms with Gasteiger partial charge in [-0.15, -0.1) is 11.3 Å². The zero-order valence-corrected chi connectivity index (χ0v) is 26.2. The van der Waals surface area contributed by atoms with E-state index in [0.717, 1.165) is 60.5 Å². The lowest BCUT2D eigenvalue weighted by Crippen LogP contribution is -2.60. The predicted molar refractivity (Wildman–Crippen MR) is 164 cm³/mol. The average molecular weight is 596 g/mol. The predicted octanol–water partition coefficient (Wildman–Crippen LogP) is 3.57. The van der Waals surface area contributed by atoms with E-state index >= 15 is 0 Å². The molecule has 4 atom stereocenters. The van der Waals surface area contributed by atoms with Crippen LogP contribution in [0.3, 0.4) is 0 Å². The van der Waals surface area contributed by atoms with Crippen LogP contribution in [0.25, 0.3) is 10.4 Å². The smallest absolute Gasteiger partial charge is 0.246 e. The van der Waals surface area contributed by atoms with Gasteiger partial charge in [-0.3, -0.25) is 14.4 Å². The number of hydrogen-bond donors (Lipinski definition) is 4. The van der Waals surface area contributed by atoms with Crippen LogP contribution < -0.4 is 16.0 Å². The summed E-state index contributed by atoms with van der Waals surface area (Å²) in [6, 6.07) is 6.14. The molecule has 5 rings (SSSR count). The number of amides is 3. The lowest BCUT2D eigenvalue weighted by molar-refractivity contribution is -0.146. The molecule has 42 heavy (non-hydrogen) atoms. The quantitative estimate of drug-likeness (QED) is 0.388. The molecule has 2 saturated heterocycles. The van der Waals surface area contributed by atoms with Crippen LogP contribution in [-0.2, 0) is 14.4 Å². The van der Waals surface area contributed by atoms with Crippen molar-refractivity contribution in [3.63, 3.8) is 0 Å². The van der Waals surface area contributed by atoms with Gasteiger partial charge in [0.1, 0.15) is 12.1 Å². The Bertz CT molecular complexity index is 1290. The Morgan fingerprint density at radius 3 is 2.36 bits per heavy atom. The second-order valence-electron chi connectivity index (χ2n) is 13.7. The van der Waals surface area contributed by atoms with E-state index in [1.165, 1.54) is 4.90 Å². The van der Waals surface area contributed by atoms with E-state index in [4.69, 9.17) is 0 Å². The van der Waals surface area contributed by atoms with Crippen LogP contribution >= 0.6 is 11.3 Å². The molecule has 2 aliphatic heterocycles. The maximum Gasteiger partial charge on any atom is 0.246 e. The average Bonchev–Trinajstić information content (AvgIpc) is 3.55. The molecule has 3 heterocycles. The van der Waals surface area contributed by atoms with Gasteiger partial charge in [-0.2, -0.15) is 0 Å². The number of nitrogens with zero attached hydrogens (tertiary/aromatic N) is 2. The number of aryl methyl sites for hydroxylation is 1. The lowest BCUT2D eigenvalue weighted by atomic mass is 9.57. The molecule has 228 valence electrons. The molecule has 1 aromatic heterocycles. The summed E-state index contributed by atoms with van der Waals surface area (Å²) in [5, 5.41) is 20.0. The first-order valence-electron chi connectivity index (χ1n) is 15.2. The Balaban J connectivity index is 1.23. The fourth-order valence-electron chi connectivity index (χ4n) is 6.81. The number of carbonyl (C=O) groups is 3. The molecule has 1 spiro atoms. The number of aliphatic hydroxyl groups is 1. The Labute approximate surface area is 252 Å². The molecular weight excluding hydrogens is 550 g/mol. The first-order valence-corrected chi connectivity index (χ1v) is 16.1. The molecule has 0 bridgehead atoms. The van der Waals surface area contributed by atoms with Gasteiger partial charge in [-0.05, 0) is 74.6 Å². The molecule has 0 unspecified atom stereocenters. The summed E-state index contributed by atoms with van der Waals surface area (Å²) in [6.45, 7) is 11.7. The fraction of sp³-hybridized carbons (Fsp3) is 0.625. The number of aliphatic hydroxyl groups excluding tert-OH is 1. The van der Waals surface area contributed by atoms with Crippen molar-refractivity contribution in [3.8, 4) is 10.4 Å². The summed E-state index contributed by atoms with van der Waals surface area (Å²) >= 11 is 1.60. The standard InChI is InChI=1S/C32H45N5O4S/c1-19(21-6-8-22(9-7-21)26-20(2)34-18-42-26)35-29(40)25-14-24(38)17-37(25)30(41)27(31(3,4)5)36-28(39)23-15-32(16-23)10-12-33-13-11-32/h6-9,18-19,23-25,27,33,38H,10-17H2,1-5H3,(H,35,40)(H,36,39)/t19-,24+,25-,27+/m0/s1. The van der Waals surface area contributed by atoms with Crippen LogP contribution in [-0.4, -0.2) is 70.5 Å². The Kier molecular flexibility index (Phi) is 8.79. The van der Waals surface area contributed by atoms with E-state index in [1.807, 2.05) is 64.4 Å². The van der Waals surface area contributed by atoms with Crippen molar-refractivity contribution in [2.75, 3.05) is 19.6 Å². The molecule has 1 saturated carbocycles. The number of benzene rings is 1. The first kappa shape index (κ1) is 30.6. The highest BCUT2D eigenvalue weighted by Gasteiger charge is 2.50. The van der Waals surface area contributed by atoms with Crippen molar-refractivity contribution >= 4 is 29.1 Å². The highest BCUT2D eigenvalue weighted by atomic mass is 32.1. The topological polar surface area (TPSA) is 124 Å². The molecule has 4 N–H and O–H groups in total. The summed E-state index contributed by atoms with van der Waals surface area (Å²) in [5.41, 5.74) is 4.53. The largest absolute Gasteiger partial charge is 0.391 e. The van der Waals surface area contributed by atoms with Gasteiger partial charge in [0.15, 0.2) is 0 Å². The molecule has 0 radical (unpaired) electrons. The van der Waals surface area contributed by atoms with Gasteiger partial charge in [0, 0.05) is 18.9 Å². The van der Waals surface area contributed by atoms with Crippen LogP contribution in [0.1, 0.15) is 77.1 Å². The Hall–Kier alpha value is -2.82. The van der Waals surface area contributed by atoms with Gasteiger partial charge in [0.05, 0.1) is 28.2 Å². The summed E-state index contributed by atoms with van der Waals surface area (Å²) in [5.74, 6) is -0.795. The number of carbonyl (C=O) groups excluding carboxylic acids is 3. The van der Waals surface area contributed by atoms with E-state index in [-0.39, 0.29) is 48.1 Å². The van der Waals surface area contributed by atoms with Crippen LogP contribution in [0, 0.1) is 23.7 Å². The summed E-state index contributed by atoms with van der Waals surface area (Å²) in [4.78, 5) is 47.7. The normalized spacial score (nSPS) is 23.7. The molecule has 1 aromatic carbocycles. The number of piperidine rings is 1. The van der Waals surface area contributed by atoms with E-state index in [0.29, 0.717) is 0 Å². The van der Waals surface area contributed by atoms with Gasteiger partial charge in [0.2, 0.25) is 17.7 Å². The number of thiazole rings is 1. The number of aromatic nitrogens is 1.